The molecular formula is C16H32N4O. The fourth-order valence-electron chi connectivity index (χ4n) is 3.66. The number of hydrogen-bond acceptors (Lipinski definition) is 3. The van der Waals surface area contributed by atoms with Crippen LogP contribution in [0.2, 0.25) is 0 Å². The van der Waals surface area contributed by atoms with E-state index < -0.39 is 0 Å². The zero-order valence-electron chi connectivity index (χ0n) is 14.1. The van der Waals surface area contributed by atoms with Gasteiger partial charge in [0, 0.05) is 58.4 Å². The zero-order chi connectivity index (χ0) is 15.4. The quantitative estimate of drug-likeness (QED) is 0.860. The summed E-state index contributed by atoms with van der Waals surface area (Å²) in [6.07, 6.45) is 4.64. The summed E-state index contributed by atoms with van der Waals surface area (Å²) in [5.41, 5.74) is 0. The largest absolute Gasteiger partial charge is 0.331 e. The van der Waals surface area contributed by atoms with Crippen molar-refractivity contribution in [3.8, 4) is 0 Å². The number of carbonyl (C=O) groups is 1. The molecule has 2 aliphatic rings. The maximum absolute atomic E-state index is 12.0. The third-order valence-corrected chi connectivity index (χ3v) is 5.09. The number of urea groups is 1. The standard InChI is InChI=1S/C16H32N4O/c1-5-13-12-20(14(6-2)11-17-13)15-7-9-19(10-8-15)16(21)18(3)4/h13-15,17H,5-12H2,1-4H3. The molecule has 0 radical (unpaired) electrons. The molecule has 0 spiro atoms. The Balaban J connectivity index is 1.91. The van der Waals surface area contributed by atoms with Crippen molar-refractivity contribution in [2.45, 2.75) is 57.7 Å². The maximum Gasteiger partial charge on any atom is 0.319 e. The lowest BCUT2D eigenvalue weighted by molar-refractivity contribution is 0.0438. The van der Waals surface area contributed by atoms with Gasteiger partial charge in [0.15, 0.2) is 0 Å². The molecule has 0 aromatic rings. The summed E-state index contributed by atoms with van der Waals surface area (Å²) in [4.78, 5) is 18.4. The lowest BCUT2D eigenvalue weighted by Gasteiger charge is -2.47. The molecule has 0 aliphatic carbocycles. The molecule has 2 aliphatic heterocycles. The Bertz CT molecular complexity index is 339. The molecule has 5 heteroatoms. The van der Waals surface area contributed by atoms with E-state index in [-0.39, 0.29) is 6.03 Å². The minimum Gasteiger partial charge on any atom is -0.331 e. The number of nitrogens with zero attached hydrogens (tertiary/aromatic N) is 3. The lowest BCUT2D eigenvalue weighted by atomic mass is 9.96. The fourth-order valence-corrected chi connectivity index (χ4v) is 3.66. The zero-order valence-corrected chi connectivity index (χ0v) is 14.1. The van der Waals surface area contributed by atoms with Gasteiger partial charge in [0.1, 0.15) is 0 Å². The Morgan fingerprint density at radius 2 is 1.86 bits per heavy atom. The molecule has 0 aromatic carbocycles. The van der Waals surface area contributed by atoms with Gasteiger partial charge in [-0.25, -0.2) is 4.79 Å². The Kier molecular flexibility index (Phi) is 5.88. The summed E-state index contributed by atoms with van der Waals surface area (Å²) in [5, 5.41) is 3.67. The van der Waals surface area contributed by atoms with Gasteiger partial charge < -0.3 is 15.1 Å². The number of nitrogens with one attached hydrogen (secondary N) is 1. The van der Waals surface area contributed by atoms with Crippen LogP contribution >= 0.6 is 0 Å². The number of carbonyl (C=O) groups excluding carboxylic acids is 1. The van der Waals surface area contributed by atoms with Crippen molar-refractivity contribution < 1.29 is 4.79 Å². The van der Waals surface area contributed by atoms with Crippen LogP contribution in [0.4, 0.5) is 4.79 Å². The molecule has 2 rings (SSSR count). The number of hydrogen-bond donors (Lipinski definition) is 1. The molecule has 0 saturated carbocycles. The Morgan fingerprint density at radius 3 is 2.38 bits per heavy atom. The normalized spacial score (nSPS) is 28.7. The van der Waals surface area contributed by atoms with Crippen LogP contribution in [0.5, 0.6) is 0 Å². The summed E-state index contributed by atoms with van der Waals surface area (Å²) in [7, 11) is 3.67. The lowest BCUT2D eigenvalue weighted by Crippen LogP contribution is -2.61. The van der Waals surface area contributed by atoms with E-state index in [0.717, 1.165) is 32.5 Å². The molecule has 2 atom stereocenters. The van der Waals surface area contributed by atoms with Gasteiger partial charge >= 0.3 is 6.03 Å². The van der Waals surface area contributed by atoms with Crippen LogP contribution in [0.3, 0.4) is 0 Å². The number of piperazine rings is 1. The van der Waals surface area contributed by atoms with Gasteiger partial charge in [-0.2, -0.15) is 0 Å². The predicted molar refractivity (Wildman–Crippen MR) is 86.5 cm³/mol. The van der Waals surface area contributed by atoms with Crippen molar-refractivity contribution in [3.05, 3.63) is 0 Å². The highest BCUT2D eigenvalue weighted by Crippen LogP contribution is 2.23. The van der Waals surface area contributed by atoms with Gasteiger partial charge in [-0.15, -0.1) is 0 Å². The fraction of sp³-hybridized carbons (Fsp3) is 0.938. The van der Waals surface area contributed by atoms with E-state index in [1.165, 1.54) is 19.4 Å². The van der Waals surface area contributed by atoms with E-state index in [9.17, 15) is 4.79 Å². The molecule has 0 bridgehead atoms. The SMILES string of the molecule is CCC1CN(C2CCN(C(=O)N(C)C)CC2)C(CC)CN1. The number of amides is 2. The van der Waals surface area contributed by atoms with Gasteiger partial charge in [0.25, 0.3) is 0 Å². The Hall–Kier alpha value is -0.810. The van der Waals surface area contributed by atoms with E-state index in [4.69, 9.17) is 0 Å². The average Bonchev–Trinajstić information content (AvgIpc) is 2.53. The number of rotatable bonds is 3. The summed E-state index contributed by atoms with van der Waals surface area (Å²) in [6.45, 7) is 8.64. The minimum absolute atomic E-state index is 0.159. The van der Waals surface area contributed by atoms with Crippen molar-refractivity contribution in [3.63, 3.8) is 0 Å². The van der Waals surface area contributed by atoms with E-state index in [0.29, 0.717) is 18.1 Å². The van der Waals surface area contributed by atoms with Gasteiger partial charge in [-0.1, -0.05) is 13.8 Å². The average molecular weight is 296 g/mol. The topological polar surface area (TPSA) is 38.8 Å². The van der Waals surface area contributed by atoms with Gasteiger partial charge in [0.05, 0.1) is 0 Å². The van der Waals surface area contributed by atoms with Crippen LogP contribution in [0, 0.1) is 0 Å². The molecule has 2 saturated heterocycles. The van der Waals surface area contributed by atoms with E-state index in [1.54, 1.807) is 4.90 Å². The third-order valence-electron chi connectivity index (χ3n) is 5.09. The molecule has 122 valence electrons. The number of piperidine rings is 1. The summed E-state index contributed by atoms with van der Waals surface area (Å²) in [6, 6.07) is 2.10. The van der Waals surface area contributed by atoms with Crippen LogP contribution in [-0.4, -0.2) is 79.1 Å². The van der Waals surface area contributed by atoms with E-state index >= 15 is 0 Å². The second-order valence-electron chi connectivity index (χ2n) is 6.67. The summed E-state index contributed by atoms with van der Waals surface area (Å²) in [5.74, 6) is 0. The van der Waals surface area contributed by atoms with Crippen LogP contribution in [0.1, 0.15) is 39.5 Å². The van der Waals surface area contributed by atoms with Gasteiger partial charge in [-0.05, 0) is 25.7 Å². The first-order chi connectivity index (χ1) is 10.1. The van der Waals surface area contributed by atoms with Crippen LogP contribution in [0.25, 0.3) is 0 Å². The van der Waals surface area contributed by atoms with E-state index in [2.05, 4.69) is 24.1 Å². The molecule has 21 heavy (non-hydrogen) atoms. The maximum atomic E-state index is 12.0. The van der Waals surface area contributed by atoms with Crippen molar-refractivity contribution in [2.24, 2.45) is 0 Å². The van der Waals surface area contributed by atoms with Crippen LogP contribution in [0.15, 0.2) is 0 Å². The second-order valence-corrected chi connectivity index (χ2v) is 6.67. The monoisotopic (exact) mass is 296 g/mol. The first kappa shape index (κ1) is 16.6. The first-order valence-corrected chi connectivity index (χ1v) is 8.52. The minimum atomic E-state index is 0.159. The van der Waals surface area contributed by atoms with Crippen LogP contribution < -0.4 is 5.32 Å². The highest BCUT2D eigenvalue weighted by molar-refractivity contribution is 5.73. The molecule has 2 amide bonds. The van der Waals surface area contributed by atoms with Crippen molar-refractivity contribution in [1.82, 2.24) is 20.0 Å². The van der Waals surface area contributed by atoms with Gasteiger partial charge in [-0.3, -0.25) is 4.90 Å². The highest BCUT2D eigenvalue weighted by Gasteiger charge is 2.34. The highest BCUT2D eigenvalue weighted by atomic mass is 16.2. The third kappa shape index (κ3) is 3.89. The summed E-state index contributed by atoms with van der Waals surface area (Å²) >= 11 is 0. The Morgan fingerprint density at radius 1 is 1.19 bits per heavy atom. The van der Waals surface area contributed by atoms with Crippen molar-refractivity contribution in [1.29, 1.82) is 0 Å². The smallest absolute Gasteiger partial charge is 0.319 e. The molecule has 2 unspecified atom stereocenters. The summed E-state index contributed by atoms with van der Waals surface area (Å²) < 4.78 is 0. The molecular weight excluding hydrogens is 264 g/mol. The predicted octanol–water partition coefficient (Wildman–Crippen LogP) is 1.59. The van der Waals surface area contributed by atoms with Crippen molar-refractivity contribution in [2.75, 3.05) is 40.3 Å². The molecule has 5 nitrogen and oxygen atoms in total. The van der Waals surface area contributed by atoms with Crippen LogP contribution in [-0.2, 0) is 0 Å². The molecule has 2 fully saturated rings. The molecule has 1 N–H and O–H groups in total. The first-order valence-electron chi connectivity index (χ1n) is 8.52. The number of likely N-dealkylation sites (tertiary alicyclic amines) is 1. The van der Waals surface area contributed by atoms with Crippen molar-refractivity contribution >= 4 is 6.03 Å². The molecule has 2 heterocycles. The second kappa shape index (κ2) is 7.45. The van der Waals surface area contributed by atoms with E-state index in [1.807, 2.05) is 19.0 Å². The Labute approximate surface area is 129 Å². The molecule has 0 aromatic heterocycles. The van der Waals surface area contributed by atoms with Gasteiger partial charge in [0.2, 0.25) is 0 Å².